The summed E-state index contributed by atoms with van der Waals surface area (Å²) in [4.78, 5) is 37.9. The maximum atomic E-state index is 12.9. The molecule has 0 fully saturated rings. The van der Waals surface area contributed by atoms with Gasteiger partial charge in [0.25, 0.3) is 0 Å². The van der Waals surface area contributed by atoms with Crippen molar-refractivity contribution >= 4 is 25.9 Å². The zero-order chi connectivity index (χ0) is 24.0. The predicted molar refractivity (Wildman–Crippen MR) is 126 cm³/mol. The topological polar surface area (TPSA) is 81.7 Å². The van der Waals surface area contributed by atoms with Gasteiger partial charge in [-0.2, -0.15) is 0 Å². The van der Waals surface area contributed by atoms with Crippen molar-refractivity contribution in [3.05, 3.63) is 35.9 Å². The van der Waals surface area contributed by atoms with E-state index in [2.05, 4.69) is 39.2 Å². The van der Waals surface area contributed by atoms with Gasteiger partial charge in [0.1, 0.15) is 11.6 Å². The van der Waals surface area contributed by atoms with E-state index >= 15 is 0 Å². The lowest BCUT2D eigenvalue weighted by molar-refractivity contribution is -0.155. The molecular weight excluding hydrogens is 410 g/mol. The first-order valence-corrected chi connectivity index (χ1v) is 14.0. The quantitative estimate of drug-likeness (QED) is 0.439. The van der Waals surface area contributed by atoms with Crippen LogP contribution in [-0.2, 0) is 25.5 Å². The molecule has 1 aromatic rings. The second-order valence-electron chi connectivity index (χ2n) is 10.7. The van der Waals surface area contributed by atoms with E-state index in [0.29, 0.717) is 6.04 Å². The minimum atomic E-state index is -1.85. The lowest BCUT2D eigenvalue weighted by Gasteiger charge is -2.37. The molecule has 6 nitrogen and oxygen atoms in total. The summed E-state index contributed by atoms with van der Waals surface area (Å²) in [6.45, 7) is 17.6. The van der Waals surface area contributed by atoms with Crippen molar-refractivity contribution in [1.82, 2.24) is 5.32 Å². The molecule has 1 amide bonds. The number of benzene rings is 1. The average Bonchev–Trinajstić information content (AvgIpc) is 2.58. The maximum absolute atomic E-state index is 12.9. The summed E-state index contributed by atoms with van der Waals surface area (Å²) in [5.74, 6) is -0.735. The highest BCUT2D eigenvalue weighted by Gasteiger charge is 2.38. The van der Waals surface area contributed by atoms with Gasteiger partial charge in [0, 0.05) is 12.5 Å². The Morgan fingerprint density at radius 3 is 2.03 bits per heavy atom. The fraction of sp³-hybridized carbons (Fsp3) is 0.625. The van der Waals surface area contributed by atoms with Crippen molar-refractivity contribution in [2.75, 3.05) is 0 Å². The Morgan fingerprint density at radius 2 is 1.55 bits per heavy atom. The molecule has 0 radical (unpaired) electrons. The van der Waals surface area contributed by atoms with Crippen LogP contribution in [-0.4, -0.2) is 43.7 Å². The van der Waals surface area contributed by atoms with Crippen LogP contribution in [0.5, 0.6) is 0 Å². The van der Waals surface area contributed by atoms with Crippen LogP contribution in [0.3, 0.4) is 0 Å². The molecule has 0 bridgehead atoms. The number of carbonyl (C=O) groups is 3. The van der Waals surface area contributed by atoms with Crippen LogP contribution >= 0.6 is 0 Å². The van der Waals surface area contributed by atoms with Gasteiger partial charge >= 0.3 is 12.1 Å². The van der Waals surface area contributed by atoms with Gasteiger partial charge in [-0.1, -0.05) is 64.2 Å². The summed E-state index contributed by atoms with van der Waals surface area (Å²) >= 11 is 0. The average molecular weight is 450 g/mol. The van der Waals surface area contributed by atoms with E-state index in [1.807, 2.05) is 30.3 Å². The van der Waals surface area contributed by atoms with Crippen molar-refractivity contribution < 1.29 is 23.9 Å². The van der Waals surface area contributed by atoms with Gasteiger partial charge in [0.05, 0.1) is 8.07 Å². The first-order valence-electron chi connectivity index (χ1n) is 10.8. The molecule has 1 unspecified atom stereocenters. The minimum absolute atomic E-state index is 0.0561. The third-order valence-corrected chi connectivity index (χ3v) is 10.9. The normalized spacial score (nSPS) is 14.4. The summed E-state index contributed by atoms with van der Waals surface area (Å²) in [7, 11) is -1.85. The number of ether oxygens (including phenoxy) is 2. The lowest BCUT2D eigenvalue weighted by Crippen LogP contribution is -2.47. The van der Waals surface area contributed by atoms with Gasteiger partial charge in [0.15, 0.2) is 11.9 Å². The number of carbonyl (C=O) groups excluding carboxylic acids is 3. The van der Waals surface area contributed by atoms with E-state index in [4.69, 9.17) is 9.47 Å². The highest BCUT2D eigenvalue weighted by Crippen LogP contribution is 2.39. The van der Waals surface area contributed by atoms with Gasteiger partial charge in [0.2, 0.25) is 0 Å². The van der Waals surface area contributed by atoms with Crippen LogP contribution in [0.25, 0.3) is 0 Å². The summed E-state index contributed by atoms with van der Waals surface area (Å²) in [5.41, 5.74) is 0.165. The largest absolute Gasteiger partial charge is 0.453 e. The molecule has 1 aromatic carbocycles. The molecule has 174 valence electrons. The molecule has 0 aliphatic rings. The van der Waals surface area contributed by atoms with Crippen LogP contribution in [0.4, 0.5) is 4.79 Å². The predicted octanol–water partition coefficient (Wildman–Crippen LogP) is 5.13. The van der Waals surface area contributed by atoms with Crippen LogP contribution < -0.4 is 5.32 Å². The monoisotopic (exact) mass is 449 g/mol. The summed E-state index contributed by atoms with van der Waals surface area (Å²) in [6.07, 6.45) is -1.34. The van der Waals surface area contributed by atoms with E-state index in [1.54, 1.807) is 27.7 Å². The van der Waals surface area contributed by atoms with Gasteiger partial charge in [-0.3, -0.25) is 4.79 Å². The molecular formula is C24H39NO5Si. The molecule has 7 heteroatoms. The number of amides is 1. The van der Waals surface area contributed by atoms with E-state index in [-0.39, 0.29) is 17.2 Å². The van der Waals surface area contributed by atoms with Crippen molar-refractivity contribution in [2.45, 2.75) is 96.8 Å². The van der Waals surface area contributed by atoms with E-state index in [9.17, 15) is 14.4 Å². The second-order valence-corrected chi connectivity index (χ2v) is 16.4. The highest BCUT2D eigenvalue weighted by atomic mass is 28.3. The van der Waals surface area contributed by atoms with Crippen molar-refractivity contribution in [3.63, 3.8) is 0 Å². The van der Waals surface area contributed by atoms with Crippen LogP contribution in [0.15, 0.2) is 30.3 Å². The first-order chi connectivity index (χ1) is 14.0. The van der Waals surface area contributed by atoms with Gasteiger partial charge in [-0.25, -0.2) is 9.59 Å². The Bertz CT molecular complexity index is 762. The number of Topliss-reactive ketones (excluding diaryl/α,β-unsaturated/α-hetero) is 1. The molecule has 1 N–H and O–H groups in total. The molecule has 31 heavy (non-hydrogen) atoms. The fourth-order valence-corrected chi connectivity index (χ4v) is 4.35. The molecule has 1 rings (SSSR count). The number of alkyl carbamates (subject to hydrolysis) is 1. The minimum Gasteiger partial charge on any atom is -0.453 e. The Labute approximate surface area is 188 Å². The molecule has 0 spiro atoms. The van der Waals surface area contributed by atoms with Crippen LogP contribution in [0, 0.1) is 0 Å². The Morgan fingerprint density at radius 1 is 1.00 bits per heavy atom. The summed E-state index contributed by atoms with van der Waals surface area (Å²) < 4.78 is 10.8. The summed E-state index contributed by atoms with van der Waals surface area (Å²) in [5, 5.41) is 2.66. The molecule has 0 aromatic heterocycles. The highest BCUT2D eigenvalue weighted by molar-refractivity contribution is 6.82. The standard InChI is InChI=1S/C24H39NO5Si/c1-17(20(26)16-31(8,9)24(5,6)7)29-21(27)19(15-18-13-11-10-12-14-18)25-22(28)30-23(2,3)4/h10-14,17,19H,15-16H2,1-9H3,(H,25,28)/t17?,19-/m0/s1. The number of nitrogens with one attached hydrogen (secondary N) is 1. The van der Waals surface area contributed by atoms with Crippen molar-refractivity contribution in [1.29, 1.82) is 0 Å². The smallest absolute Gasteiger partial charge is 0.408 e. The van der Waals surface area contributed by atoms with Crippen LogP contribution in [0.1, 0.15) is 54.0 Å². The van der Waals surface area contributed by atoms with E-state index in [0.717, 1.165) is 5.56 Å². The maximum Gasteiger partial charge on any atom is 0.408 e. The number of ketones is 1. The van der Waals surface area contributed by atoms with E-state index < -0.39 is 37.9 Å². The van der Waals surface area contributed by atoms with E-state index in [1.165, 1.54) is 0 Å². The molecule has 2 atom stereocenters. The second kappa shape index (κ2) is 10.4. The number of hydrogen-bond donors (Lipinski definition) is 1. The van der Waals surface area contributed by atoms with Crippen LogP contribution in [0.2, 0.25) is 24.2 Å². The van der Waals surface area contributed by atoms with Crippen molar-refractivity contribution in [2.24, 2.45) is 0 Å². The number of hydrogen-bond acceptors (Lipinski definition) is 5. The Balaban J connectivity index is 2.90. The zero-order valence-corrected chi connectivity index (χ0v) is 21.5. The number of esters is 1. The zero-order valence-electron chi connectivity index (χ0n) is 20.5. The fourth-order valence-electron chi connectivity index (χ4n) is 2.66. The SMILES string of the molecule is CC(OC(=O)[C@H](Cc1ccccc1)NC(=O)OC(C)(C)C)C(=O)C[Si](C)(C)C(C)(C)C. The third kappa shape index (κ3) is 9.25. The molecule has 0 aliphatic heterocycles. The Hall–Kier alpha value is -2.15. The first kappa shape index (κ1) is 26.9. The van der Waals surface area contributed by atoms with Gasteiger partial charge in [-0.05, 0) is 38.3 Å². The van der Waals surface area contributed by atoms with Gasteiger partial charge in [-0.15, -0.1) is 0 Å². The molecule has 0 heterocycles. The number of rotatable bonds is 8. The lowest BCUT2D eigenvalue weighted by atomic mass is 10.1. The Kier molecular flexibility index (Phi) is 9.05. The molecule has 0 aliphatic carbocycles. The van der Waals surface area contributed by atoms with Crippen molar-refractivity contribution in [3.8, 4) is 0 Å². The summed E-state index contributed by atoms with van der Waals surface area (Å²) in [6, 6.07) is 8.78. The third-order valence-electron chi connectivity index (χ3n) is 5.65. The molecule has 0 saturated carbocycles. The van der Waals surface area contributed by atoms with Gasteiger partial charge < -0.3 is 14.8 Å². The molecule has 0 saturated heterocycles.